The highest BCUT2D eigenvalue weighted by Gasteiger charge is 2.18. The maximum Gasteiger partial charge on any atom is 0.0274 e. The minimum atomic E-state index is 1.32. The largest absolute Gasteiger partial charge is 0.0976 e. The highest BCUT2D eigenvalue weighted by molar-refractivity contribution is 8.07. The molecular weight excluding hydrogens is 248 g/mol. The van der Waals surface area contributed by atoms with E-state index in [0.717, 1.165) is 0 Å². The summed E-state index contributed by atoms with van der Waals surface area (Å²) in [7, 11) is 0. The van der Waals surface area contributed by atoms with E-state index in [-0.39, 0.29) is 0 Å². The molecule has 2 aliphatic rings. The Kier molecular flexibility index (Phi) is 2.59. The van der Waals surface area contributed by atoms with Crippen molar-refractivity contribution >= 4 is 23.9 Å². The third-order valence-electron chi connectivity index (χ3n) is 3.42. The second-order valence-corrected chi connectivity index (χ2v) is 5.89. The average molecular weight is 260 g/mol. The van der Waals surface area contributed by atoms with Crippen molar-refractivity contribution in [3.8, 4) is 0 Å². The van der Waals surface area contributed by atoms with Crippen LogP contribution in [0, 0.1) is 12.8 Å². The molecule has 0 heterocycles. The molecule has 0 aromatic heterocycles. The fourth-order valence-corrected chi connectivity index (χ4v) is 3.51. The van der Waals surface area contributed by atoms with Crippen LogP contribution in [-0.4, -0.2) is 0 Å². The van der Waals surface area contributed by atoms with Gasteiger partial charge in [-0.2, -0.15) is 0 Å². The fourth-order valence-electron chi connectivity index (χ4n) is 2.50. The van der Waals surface area contributed by atoms with Gasteiger partial charge in [0.1, 0.15) is 0 Å². The number of rotatable bonds is 2. The Morgan fingerprint density at radius 2 is 0.947 bits per heavy atom. The standard InChI is InChI=1S/C18H12S/c1-2-6-14-10-17(9-13(14)5-1)19-18-11-15-7-3-4-8-16(15)12-18/h1-12H. The lowest BCUT2D eigenvalue weighted by Gasteiger charge is -2.02. The molecule has 19 heavy (non-hydrogen) atoms. The van der Waals surface area contributed by atoms with E-state index in [4.69, 9.17) is 0 Å². The molecule has 0 fully saturated rings. The van der Waals surface area contributed by atoms with Gasteiger partial charge in [-0.15, -0.1) is 0 Å². The van der Waals surface area contributed by atoms with E-state index < -0.39 is 0 Å². The minimum absolute atomic E-state index is 1.32. The zero-order valence-corrected chi connectivity index (χ0v) is 11.2. The molecule has 0 N–H and O–H groups in total. The van der Waals surface area contributed by atoms with Crippen molar-refractivity contribution in [3.05, 3.63) is 93.4 Å². The lowest BCUT2D eigenvalue weighted by Crippen LogP contribution is -1.80. The zero-order chi connectivity index (χ0) is 12.7. The number of hydrogen-bond acceptors (Lipinski definition) is 1. The Balaban J connectivity index is 1.54. The summed E-state index contributed by atoms with van der Waals surface area (Å²) < 4.78 is 0. The van der Waals surface area contributed by atoms with Crippen LogP contribution in [0.15, 0.2) is 58.3 Å². The summed E-state index contributed by atoms with van der Waals surface area (Å²) in [5, 5.41) is 0. The van der Waals surface area contributed by atoms with Crippen molar-refractivity contribution in [2.75, 3.05) is 0 Å². The Bertz CT molecular complexity index is 646. The van der Waals surface area contributed by atoms with Crippen molar-refractivity contribution < 1.29 is 0 Å². The average Bonchev–Trinajstić information content (AvgIpc) is 3.00. The molecule has 2 aromatic carbocycles. The second kappa shape index (κ2) is 4.43. The van der Waals surface area contributed by atoms with Crippen LogP contribution in [0.3, 0.4) is 0 Å². The molecule has 0 nitrogen and oxygen atoms in total. The van der Waals surface area contributed by atoms with Crippen molar-refractivity contribution in [3.63, 3.8) is 0 Å². The maximum atomic E-state index is 2.26. The van der Waals surface area contributed by atoms with Crippen LogP contribution >= 0.6 is 11.8 Å². The summed E-state index contributed by atoms with van der Waals surface area (Å²) in [6.45, 7) is 0. The summed E-state index contributed by atoms with van der Waals surface area (Å²) in [6.07, 6.45) is 9.05. The highest BCUT2D eigenvalue weighted by atomic mass is 32.2. The second-order valence-electron chi connectivity index (χ2n) is 4.74. The third-order valence-corrected chi connectivity index (χ3v) is 4.36. The van der Waals surface area contributed by atoms with Crippen molar-refractivity contribution in [2.45, 2.75) is 0 Å². The van der Waals surface area contributed by atoms with Gasteiger partial charge < -0.3 is 0 Å². The molecule has 2 aliphatic carbocycles. The van der Waals surface area contributed by atoms with Gasteiger partial charge in [-0.25, -0.2) is 0 Å². The van der Waals surface area contributed by atoms with Crippen LogP contribution in [0.4, 0.5) is 0 Å². The molecule has 0 unspecified atom stereocenters. The third kappa shape index (κ3) is 2.04. The van der Waals surface area contributed by atoms with Crippen LogP contribution in [0.1, 0.15) is 22.3 Å². The molecule has 0 amide bonds. The number of allylic oxidation sites excluding steroid dienone is 2. The van der Waals surface area contributed by atoms with E-state index in [1.807, 2.05) is 11.8 Å². The van der Waals surface area contributed by atoms with Gasteiger partial charge in [-0.3, -0.25) is 0 Å². The molecule has 4 rings (SSSR count). The lowest BCUT2D eigenvalue weighted by atomic mass is 10.1. The fraction of sp³-hybridized carbons (Fsp3) is 0. The lowest BCUT2D eigenvalue weighted by molar-refractivity contribution is 1.53. The summed E-state index contributed by atoms with van der Waals surface area (Å²) in [4.78, 5) is 2.63. The van der Waals surface area contributed by atoms with Crippen LogP contribution in [0.2, 0.25) is 0 Å². The topological polar surface area (TPSA) is 0 Å². The molecule has 2 radical (unpaired) electrons. The number of benzene rings is 2. The quantitative estimate of drug-likeness (QED) is 0.737. The predicted octanol–water partition coefficient (Wildman–Crippen LogP) is 4.93. The van der Waals surface area contributed by atoms with Gasteiger partial charge in [0.25, 0.3) is 0 Å². The highest BCUT2D eigenvalue weighted by Crippen LogP contribution is 2.42. The van der Waals surface area contributed by atoms with Crippen LogP contribution in [-0.2, 0) is 0 Å². The van der Waals surface area contributed by atoms with E-state index in [9.17, 15) is 0 Å². The van der Waals surface area contributed by atoms with E-state index in [1.54, 1.807) is 0 Å². The predicted molar refractivity (Wildman–Crippen MR) is 83.2 cm³/mol. The van der Waals surface area contributed by atoms with Crippen molar-refractivity contribution in [1.29, 1.82) is 0 Å². The molecule has 0 bridgehead atoms. The number of hydrogen-bond donors (Lipinski definition) is 0. The summed E-state index contributed by atoms with van der Waals surface area (Å²) in [5.74, 6) is 0. The normalized spacial score (nSPS) is 15.8. The van der Waals surface area contributed by atoms with E-state index in [0.29, 0.717) is 0 Å². The Morgan fingerprint density at radius 1 is 0.526 bits per heavy atom. The smallest absolute Gasteiger partial charge is 0.0274 e. The summed E-state index contributed by atoms with van der Waals surface area (Å²) >= 11 is 1.84. The van der Waals surface area contributed by atoms with Crippen LogP contribution in [0.5, 0.6) is 0 Å². The van der Waals surface area contributed by atoms with E-state index >= 15 is 0 Å². The summed E-state index contributed by atoms with van der Waals surface area (Å²) in [5.41, 5.74) is 5.28. The van der Waals surface area contributed by atoms with Gasteiger partial charge in [-0.05, 0) is 44.2 Å². The zero-order valence-electron chi connectivity index (χ0n) is 10.3. The maximum absolute atomic E-state index is 2.26. The van der Waals surface area contributed by atoms with E-state index in [1.165, 1.54) is 32.1 Å². The van der Waals surface area contributed by atoms with Gasteiger partial charge in [0.15, 0.2) is 0 Å². The van der Waals surface area contributed by atoms with E-state index in [2.05, 4.69) is 73.5 Å². The molecule has 1 heteroatoms. The molecule has 2 aromatic rings. The molecule has 0 atom stereocenters. The van der Waals surface area contributed by atoms with Crippen LogP contribution in [0.25, 0.3) is 12.2 Å². The molecule has 0 spiro atoms. The Hall–Kier alpha value is -1.73. The van der Waals surface area contributed by atoms with Gasteiger partial charge in [-0.1, -0.05) is 60.3 Å². The molecule has 0 saturated carbocycles. The number of thioether (sulfide) groups is 1. The SMILES string of the molecule is [CH]1C(SC2=Cc3ccccc3[CH]2)=Cc2ccccc21. The van der Waals surface area contributed by atoms with Gasteiger partial charge in [0, 0.05) is 12.8 Å². The van der Waals surface area contributed by atoms with Gasteiger partial charge >= 0.3 is 0 Å². The molecule has 0 aliphatic heterocycles. The van der Waals surface area contributed by atoms with Crippen molar-refractivity contribution in [1.82, 2.24) is 0 Å². The first-order valence-corrected chi connectivity index (χ1v) is 7.19. The van der Waals surface area contributed by atoms with Gasteiger partial charge in [0.05, 0.1) is 0 Å². The Labute approximate surface area is 117 Å². The minimum Gasteiger partial charge on any atom is -0.0976 e. The van der Waals surface area contributed by atoms with Gasteiger partial charge in [0.2, 0.25) is 0 Å². The molecular formula is C18H12S. The first kappa shape index (κ1) is 11.1. The number of fused-ring (bicyclic) bond motifs is 2. The Morgan fingerprint density at radius 3 is 1.37 bits per heavy atom. The van der Waals surface area contributed by atoms with Crippen LogP contribution < -0.4 is 0 Å². The molecule has 90 valence electrons. The summed E-state index contributed by atoms with van der Waals surface area (Å²) in [6, 6.07) is 17.0. The first-order valence-electron chi connectivity index (χ1n) is 6.37. The monoisotopic (exact) mass is 260 g/mol. The van der Waals surface area contributed by atoms with Crippen molar-refractivity contribution in [2.24, 2.45) is 0 Å². The molecule has 0 saturated heterocycles. The first-order chi connectivity index (χ1) is 9.38.